The van der Waals surface area contributed by atoms with Crippen molar-refractivity contribution in [3.8, 4) is 11.5 Å². The van der Waals surface area contributed by atoms with Crippen molar-refractivity contribution < 1.29 is 22.7 Å². The van der Waals surface area contributed by atoms with E-state index >= 15 is 0 Å². The molecule has 2 atom stereocenters. The van der Waals surface area contributed by atoms with Crippen LogP contribution in [0.15, 0.2) is 23.4 Å². The summed E-state index contributed by atoms with van der Waals surface area (Å²) < 4.78 is 36.2. The summed E-state index contributed by atoms with van der Waals surface area (Å²) in [6, 6.07) is 5.30. The summed E-state index contributed by atoms with van der Waals surface area (Å²) in [5.41, 5.74) is 0.637. The Morgan fingerprint density at radius 2 is 2.07 bits per heavy atom. The second-order valence-electron chi connectivity index (χ2n) is 7.54. The minimum absolute atomic E-state index is 0.0756. The van der Waals surface area contributed by atoms with Crippen LogP contribution in [0.5, 0.6) is 11.5 Å². The number of carbonyl (C=O) groups is 1. The first-order chi connectivity index (χ1) is 14.3. The van der Waals surface area contributed by atoms with E-state index in [9.17, 15) is 13.2 Å². The number of nitrogens with one attached hydrogen (secondary N) is 1. The molecule has 0 radical (unpaired) electrons. The molecule has 1 aromatic heterocycles. The Morgan fingerprint density at radius 1 is 1.30 bits per heavy atom. The second-order valence-corrected chi connectivity index (χ2v) is 11.1. The van der Waals surface area contributed by atoms with Crippen LogP contribution in [0.3, 0.4) is 0 Å². The zero-order valence-corrected chi connectivity index (χ0v) is 18.5. The normalized spacial score (nSPS) is 20.7. The SMILES string of the molecule is CC(Sc1nnc(CC2CCS(=O)(=O)C2)n1C)C(=O)Nc1ccc2c(c1)OCCO2. The lowest BCUT2D eigenvalue weighted by Crippen LogP contribution is -2.23. The molecule has 3 heterocycles. The first-order valence-corrected chi connectivity index (χ1v) is 12.5. The van der Waals surface area contributed by atoms with Gasteiger partial charge in [0.05, 0.1) is 16.8 Å². The van der Waals surface area contributed by atoms with E-state index in [2.05, 4.69) is 15.5 Å². The summed E-state index contributed by atoms with van der Waals surface area (Å²) in [7, 11) is -1.08. The first-order valence-electron chi connectivity index (χ1n) is 9.76. The van der Waals surface area contributed by atoms with Gasteiger partial charge in [0.15, 0.2) is 26.5 Å². The number of benzene rings is 1. The van der Waals surface area contributed by atoms with Crippen molar-refractivity contribution in [2.24, 2.45) is 13.0 Å². The van der Waals surface area contributed by atoms with Crippen molar-refractivity contribution >= 4 is 33.2 Å². The van der Waals surface area contributed by atoms with Gasteiger partial charge in [-0.3, -0.25) is 4.79 Å². The van der Waals surface area contributed by atoms with E-state index < -0.39 is 15.1 Å². The number of fused-ring (bicyclic) bond motifs is 1. The molecule has 30 heavy (non-hydrogen) atoms. The average molecular weight is 453 g/mol. The maximum absolute atomic E-state index is 12.6. The quantitative estimate of drug-likeness (QED) is 0.659. The lowest BCUT2D eigenvalue weighted by atomic mass is 10.1. The minimum Gasteiger partial charge on any atom is -0.486 e. The van der Waals surface area contributed by atoms with Gasteiger partial charge < -0.3 is 19.4 Å². The van der Waals surface area contributed by atoms with Gasteiger partial charge in [-0.05, 0) is 31.4 Å². The summed E-state index contributed by atoms with van der Waals surface area (Å²) >= 11 is 1.31. The maximum atomic E-state index is 12.6. The molecule has 0 saturated carbocycles. The summed E-state index contributed by atoms with van der Waals surface area (Å²) in [5, 5.41) is 11.5. The third kappa shape index (κ3) is 4.72. The predicted molar refractivity (Wildman–Crippen MR) is 113 cm³/mol. The number of hydrogen-bond acceptors (Lipinski definition) is 8. The molecular formula is C19H24N4O5S2. The monoisotopic (exact) mass is 452 g/mol. The molecule has 0 bridgehead atoms. The molecule has 0 spiro atoms. The molecule has 1 fully saturated rings. The van der Waals surface area contributed by atoms with Crippen LogP contribution in [-0.2, 0) is 28.1 Å². The molecule has 1 aromatic carbocycles. The Labute approximate surface area is 179 Å². The van der Waals surface area contributed by atoms with Crippen LogP contribution in [0.2, 0.25) is 0 Å². The Morgan fingerprint density at radius 3 is 2.80 bits per heavy atom. The molecule has 11 heteroatoms. The summed E-state index contributed by atoms with van der Waals surface area (Å²) in [6.45, 7) is 2.80. The fourth-order valence-corrected chi connectivity index (χ4v) is 6.19. The summed E-state index contributed by atoms with van der Waals surface area (Å²) in [6.07, 6.45) is 1.23. The van der Waals surface area contributed by atoms with E-state index in [1.807, 2.05) is 11.6 Å². The summed E-state index contributed by atoms with van der Waals surface area (Å²) in [4.78, 5) is 12.6. The van der Waals surface area contributed by atoms with Gasteiger partial charge in [-0.2, -0.15) is 0 Å². The highest BCUT2D eigenvalue weighted by molar-refractivity contribution is 8.00. The van der Waals surface area contributed by atoms with E-state index in [-0.39, 0.29) is 23.3 Å². The third-order valence-corrected chi connectivity index (χ3v) is 8.16. The molecule has 1 amide bonds. The number of thioether (sulfide) groups is 1. The van der Waals surface area contributed by atoms with Gasteiger partial charge in [-0.1, -0.05) is 11.8 Å². The molecule has 2 unspecified atom stereocenters. The smallest absolute Gasteiger partial charge is 0.237 e. The van der Waals surface area contributed by atoms with Gasteiger partial charge in [0.2, 0.25) is 5.91 Å². The van der Waals surface area contributed by atoms with Crippen LogP contribution in [0.4, 0.5) is 5.69 Å². The molecule has 4 rings (SSSR count). The molecule has 9 nitrogen and oxygen atoms in total. The van der Waals surface area contributed by atoms with E-state index in [1.165, 1.54) is 11.8 Å². The lowest BCUT2D eigenvalue weighted by molar-refractivity contribution is -0.115. The van der Waals surface area contributed by atoms with E-state index in [0.717, 1.165) is 5.82 Å². The van der Waals surface area contributed by atoms with Gasteiger partial charge in [0, 0.05) is 25.2 Å². The zero-order valence-electron chi connectivity index (χ0n) is 16.8. The Bertz CT molecular complexity index is 1050. The van der Waals surface area contributed by atoms with E-state index in [1.54, 1.807) is 25.1 Å². The highest BCUT2D eigenvalue weighted by Gasteiger charge is 2.29. The number of rotatable bonds is 6. The van der Waals surface area contributed by atoms with E-state index in [4.69, 9.17) is 9.47 Å². The van der Waals surface area contributed by atoms with Gasteiger partial charge >= 0.3 is 0 Å². The van der Waals surface area contributed by atoms with Crippen molar-refractivity contribution in [1.29, 1.82) is 0 Å². The predicted octanol–water partition coefficient (Wildman–Crippen LogP) is 1.68. The number of sulfone groups is 1. The number of amides is 1. The minimum atomic E-state index is -2.92. The first kappa shape index (κ1) is 21.0. The molecule has 1 saturated heterocycles. The maximum Gasteiger partial charge on any atom is 0.237 e. The standard InChI is InChI=1S/C19H24N4O5S2/c1-12(18(24)20-14-3-4-15-16(10-14)28-7-6-27-15)29-19-22-21-17(23(19)2)9-13-5-8-30(25,26)11-13/h3-4,10,12-13H,5-9,11H2,1-2H3,(H,20,24). The zero-order chi connectivity index (χ0) is 21.3. The number of hydrogen-bond donors (Lipinski definition) is 1. The average Bonchev–Trinajstić information content (AvgIpc) is 3.23. The van der Waals surface area contributed by atoms with Crippen molar-refractivity contribution in [1.82, 2.24) is 14.8 Å². The van der Waals surface area contributed by atoms with Crippen LogP contribution in [0.1, 0.15) is 19.2 Å². The van der Waals surface area contributed by atoms with Crippen LogP contribution in [0, 0.1) is 5.92 Å². The Hall–Kier alpha value is -2.27. The molecule has 162 valence electrons. The number of nitrogens with zero attached hydrogens (tertiary/aromatic N) is 3. The summed E-state index contributed by atoms with van der Waals surface area (Å²) in [5.74, 6) is 2.38. The molecule has 2 aliphatic rings. The van der Waals surface area contributed by atoms with Crippen molar-refractivity contribution in [3.05, 3.63) is 24.0 Å². The van der Waals surface area contributed by atoms with Crippen LogP contribution in [0.25, 0.3) is 0 Å². The fraction of sp³-hybridized carbons (Fsp3) is 0.526. The molecule has 0 aliphatic carbocycles. The topological polar surface area (TPSA) is 112 Å². The van der Waals surface area contributed by atoms with Crippen LogP contribution in [-0.4, -0.2) is 59.1 Å². The number of anilines is 1. The van der Waals surface area contributed by atoms with Gasteiger partial charge in [-0.15, -0.1) is 10.2 Å². The van der Waals surface area contributed by atoms with Crippen LogP contribution < -0.4 is 14.8 Å². The fourth-order valence-electron chi connectivity index (χ4n) is 3.49. The Balaban J connectivity index is 1.36. The number of carbonyl (C=O) groups excluding carboxylic acids is 1. The lowest BCUT2D eigenvalue weighted by Gasteiger charge is -2.19. The van der Waals surface area contributed by atoms with Crippen molar-refractivity contribution in [3.63, 3.8) is 0 Å². The molecule has 2 aliphatic heterocycles. The van der Waals surface area contributed by atoms with Gasteiger partial charge in [-0.25, -0.2) is 8.42 Å². The molecule has 2 aromatic rings. The third-order valence-electron chi connectivity index (χ3n) is 5.18. The molecular weight excluding hydrogens is 428 g/mol. The highest BCUT2D eigenvalue weighted by atomic mass is 32.2. The number of aromatic nitrogens is 3. The largest absolute Gasteiger partial charge is 0.486 e. The number of ether oxygens (including phenoxy) is 2. The van der Waals surface area contributed by atoms with Crippen molar-refractivity contribution in [2.45, 2.75) is 30.2 Å². The van der Waals surface area contributed by atoms with E-state index in [0.29, 0.717) is 48.4 Å². The van der Waals surface area contributed by atoms with Crippen molar-refractivity contribution in [2.75, 3.05) is 30.0 Å². The molecule has 1 N–H and O–H groups in total. The van der Waals surface area contributed by atoms with Crippen LogP contribution >= 0.6 is 11.8 Å². The van der Waals surface area contributed by atoms with Gasteiger partial charge in [0.25, 0.3) is 0 Å². The Kier molecular flexibility index (Phi) is 5.92. The highest BCUT2D eigenvalue weighted by Crippen LogP contribution is 2.33. The second kappa shape index (κ2) is 8.46. The van der Waals surface area contributed by atoms with Gasteiger partial charge in [0.1, 0.15) is 19.0 Å².